The molecule has 3 unspecified atom stereocenters. The normalized spacial score (nSPS) is 46.6. The fraction of sp³-hybridized carbons (Fsp3) is 0.750. The van der Waals surface area contributed by atoms with Crippen molar-refractivity contribution in [2.24, 2.45) is 5.92 Å². The molecule has 5 heteroatoms. The average Bonchev–Trinajstić information content (AvgIpc) is 2.44. The van der Waals surface area contributed by atoms with Gasteiger partial charge >= 0.3 is 5.97 Å². The van der Waals surface area contributed by atoms with Crippen molar-refractivity contribution < 1.29 is 14.6 Å². The van der Waals surface area contributed by atoms with Gasteiger partial charge in [-0.15, -0.1) is 11.6 Å². The molecule has 0 spiro atoms. The van der Waals surface area contributed by atoms with Gasteiger partial charge in [-0.3, -0.25) is 0 Å². The van der Waals surface area contributed by atoms with Crippen LogP contribution in [0.1, 0.15) is 33.1 Å². The molecule has 1 aliphatic carbocycles. The van der Waals surface area contributed by atoms with Crippen molar-refractivity contribution >= 4 is 33.5 Å². The first-order chi connectivity index (χ1) is 7.72. The van der Waals surface area contributed by atoms with Gasteiger partial charge in [-0.05, 0) is 32.1 Å². The van der Waals surface area contributed by atoms with Gasteiger partial charge < -0.3 is 9.84 Å². The summed E-state index contributed by atoms with van der Waals surface area (Å²) in [7, 11) is 0. The fourth-order valence-corrected chi connectivity index (χ4v) is 3.43. The summed E-state index contributed by atoms with van der Waals surface area (Å²) in [5.74, 6) is -1.77. The second-order valence-electron chi connectivity index (χ2n) is 5.22. The average molecular weight is 324 g/mol. The summed E-state index contributed by atoms with van der Waals surface area (Å²) in [4.78, 5) is 11.1. The van der Waals surface area contributed by atoms with E-state index >= 15 is 0 Å². The minimum absolute atomic E-state index is 0.146. The number of hydrogen-bond acceptors (Lipinski definition) is 3. The molecule has 2 rings (SSSR count). The van der Waals surface area contributed by atoms with E-state index in [2.05, 4.69) is 15.9 Å². The van der Waals surface area contributed by atoms with Gasteiger partial charge in [0.2, 0.25) is 5.79 Å². The molecule has 0 aromatic rings. The highest BCUT2D eigenvalue weighted by Gasteiger charge is 2.45. The summed E-state index contributed by atoms with van der Waals surface area (Å²) in [6.45, 7) is 3.52. The van der Waals surface area contributed by atoms with Crippen LogP contribution in [0.2, 0.25) is 0 Å². The summed E-state index contributed by atoms with van der Waals surface area (Å²) in [5, 5.41) is 10.0. The number of esters is 1. The molecule has 2 aliphatic rings. The van der Waals surface area contributed by atoms with Crippen LogP contribution in [0.4, 0.5) is 0 Å². The third kappa shape index (κ3) is 2.54. The molecule has 0 bridgehead atoms. The van der Waals surface area contributed by atoms with Crippen LogP contribution < -0.4 is 0 Å². The largest absolute Gasteiger partial charge is 0.426 e. The molecule has 3 nitrogen and oxygen atoms in total. The molecule has 1 fully saturated rings. The minimum atomic E-state index is -1.45. The number of cyclic esters (lactones) is 1. The lowest BCUT2D eigenvalue weighted by Gasteiger charge is -2.39. The maximum Gasteiger partial charge on any atom is 0.333 e. The first-order valence-corrected chi connectivity index (χ1v) is 7.02. The summed E-state index contributed by atoms with van der Waals surface area (Å²) >= 11 is 9.95. The molecule has 0 saturated heterocycles. The second-order valence-corrected chi connectivity index (χ2v) is 7.19. The van der Waals surface area contributed by atoms with Crippen molar-refractivity contribution in [1.29, 1.82) is 0 Å². The van der Waals surface area contributed by atoms with Gasteiger partial charge in [-0.1, -0.05) is 15.9 Å². The standard InChI is InChI=1S/C12H16BrClO3/c1-11(14)4-3-7(5-9(11)13)8-6-10(15)17-12(8,2)16/h6-7,9,16H,3-5H2,1-2H3/t7?,9?,11?,12-/m0/s1. The smallest absolute Gasteiger partial charge is 0.333 e. The van der Waals surface area contributed by atoms with Crippen LogP contribution >= 0.6 is 27.5 Å². The van der Waals surface area contributed by atoms with Crippen molar-refractivity contribution in [3.63, 3.8) is 0 Å². The molecule has 0 amide bonds. The number of ether oxygens (including phenoxy) is 1. The summed E-state index contributed by atoms with van der Waals surface area (Å²) < 4.78 is 4.88. The lowest BCUT2D eigenvalue weighted by Crippen LogP contribution is -2.40. The molecule has 17 heavy (non-hydrogen) atoms. The van der Waals surface area contributed by atoms with Crippen molar-refractivity contribution in [2.45, 2.75) is 48.6 Å². The zero-order valence-electron chi connectivity index (χ0n) is 9.87. The third-order valence-electron chi connectivity index (χ3n) is 3.67. The molecule has 1 saturated carbocycles. The van der Waals surface area contributed by atoms with E-state index in [1.807, 2.05) is 6.92 Å². The van der Waals surface area contributed by atoms with E-state index in [1.54, 1.807) is 0 Å². The van der Waals surface area contributed by atoms with Crippen LogP contribution in [0.3, 0.4) is 0 Å². The molecule has 4 atom stereocenters. The van der Waals surface area contributed by atoms with E-state index in [4.69, 9.17) is 16.3 Å². The lowest BCUT2D eigenvalue weighted by molar-refractivity contribution is -0.176. The second kappa shape index (κ2) is 4.25. The van der Waals surface area contributed by atoms with E-state index in [0.717, 1.165) is 19.3 Å². The molecule has 0 aromatic carbocycles. The van der Waals surface area contributed by atoms with Crippen LogP contribution in [0, 0.1) is 5.92 Å². The Labute approximate surface area is 114 Å². The number of hydrogen-bond donors (Lipinski definition) is 1. The molecule has 96 valence electrons. The molecular formula is C12H16BrClO3. The Hall–Kier alpha value is -0.0600. The van der Waals surface area contributed by atoms with Crippen LogP contribution in [0.15, 0.2) is 11.6 Å². The lowest BCUT2D eigenvalue weighted by atomic mass is 9.77. The number of carbonyl (C=O) groups is 1. The summed E-state index contributed by atoms with van der Waals surface area (Å²) in [6, 6.07) is 0. The molecule has 1 N–H and O–H groups in total. The van der Waals surface area contributed by atoms with E-state index in [0.29, 0.717) is 5.57 Å². The van der Waals surface area contributed by atoms with Crippen molar-refractivity contribution in [3.8, 4) is 0 Å². The van der Waals surface area contributed by atoms with Crippen molar-refractivity contribution in [2.75, 3.05) is 0 Å². The van der Waals surface area contributed by atoms with Gasteiger partial charge in [-0.25, -0.2) is 4.79 Å². The van der Waals surface area contributed by atoms with Crippen LogP contribution in [-0.2, 0) is 9.53 Å². The Balaban J connectivity index is 2.16. The number of halogens is 2. The zero-order valence-corrected chi connectivity index (χ0v) is 12.2. The highest BCUT2D eigenvalue weighted by molar-refractivity contribution is 9.09. The number of alkyl halides is 2. The predicted molar refractivity (Wildman–Crippen MR) is 69.1 cm³/mol. The Bertz CT molecular complexity index is 376. The molecule has 1 aliphatic heterocycles. The van der Waals surface area contributed by atoms with Gasteiger partial charge in [0.05, 0.1) is 4.87 Å². The van der Waals surface area contributed by atoms with Gasteiger partial charge in [0, 0.05) is 23.4 Å². The zero-order chi connectivity index (χ0) is 12.8. The Morgan fingerprint density at radius 2 is 2.24 bits per heavy atom. The van der Waals surface area contributed by atoms with E-state index in [1.165, 1.54) is 13.0 Å². The van der Waals surface area contributed by atoms with Crippen LogP contribution in [0.25, 0.3) is 0 Å². The highest BCUT2D eigenvalue weighted by Crippen LogP contribution is 2.46. The molecule has 0 aromatic heterocycles. The predicted octanol–water partition coefficient (Wildman–Crippen LogP) is 2.74. The number of carbonyl (C=O) groups excluding carboxylic acids is 1. The van der Waals surface area contributed by atoms with Crippen LogP contribution in [-0.4, -0.2) is 26.6 Å². The minimum Gasteiger partial charge on any atom is -0.426 e. The Kier molecular flexibility index (Phi) is 3.34. The Morgan fingerprint density at radius 1 is 1.59 bits per heavy atom. The van der Waals surface area contributed by atoms with Gasteiger partial charge in [0.15, 0.2) is 0 Å². The van der Waals surface area contributed by atoms with Crippen molar-refractivity contribution in [1.82, 2.24) is 0 Å². The van der Waals surface area contributed by atoms with E-state index < -0.39 is 11.8 Å². The van der Waals surface area contributed by atoms with E-state index in [9.17, 15) is 9.90 Å². The third-order valence-corrected chi connectivity index (χ3v) is 5.77. The first-order valence-electron chi connectivity index (χ1n) is 5.73. The summed E-state index contributed by atoms with van der Waals surface area (Å²) in [5.41, 5.74) is 0.680. The highest BCUT2D eigenvalue weighted by atomic mass is 79.9. The maximum absolute atomic E-state index is 11.2. The summed E-state index contributed by atoms with van der Waals surface area (Å²) in [6.07, 6.45) is 3.93. The topological polar surface area (TPSA) is 46.5 Å². The van der Waals surface area contributed by atoms with Gasteiger partial charge in [0.25, 0.3) is 0 Å². The first kappa shape index (κ1) is 13.4. The number of rotatable bonds is 1. The number of aliphatic hydroxyl groups is 1. The van der Waals surface area contributed by atoms with Crippen LogP contribution in [0.5, 0.6) is 0 Å². The maximum atomic E-state index is 11.2. The van der Waals surface area contributed by atoms with Gasteiger partial charge in [0.1, 0.15) is 0 Å². The fourth-order valence-electron chi connectivity index (χ4n) is 2.55. The van der Waals surface area contributed by atoms with E-state index in [-0.39, 0.29) is 15.6 Å². The Morgan fingerprint density at radius 3 is 2.71 bits per heavy atom. The monoisotopic (exact) mass is 322 g/mol. The molecule has 0 radical (unpaired) electrons. The molecular weight excluding hydrogens is 307 g/mol. The SMILES string of the molecule is CC1(Cl)CCC(C2=CC(=O)O[C@]2(C)O)CC1Br. The quantitative estimate of drug-likeness (QED) is 0.596. The van der Waals surface area contributed by atoms with Crippen molar-refractivity contribution in [3.05, 3.63) is 11.6 Å². The van der Waals surface area contributed by atoms with Gasteiger partial charge in [-0.2, -0.15) is 0 Å². The molecule has 1 heterocycles.